The third-order valence-electron chi connectivity index (χ3n) is 5.40. The van der Waals surface area contributed by atoms with Gasteiger partial charge in [-0.15, -0.1) is 0 Å². The topological polar surface area (TPSA) is 132 Å². The van der Waals surface area contributed by atoms with Crippen molar-refractivity contribution in [3.05, 3.63) is 35.5 Å². The molecule has 2 aliphatic rings. The number of hydrogen-bond donors (Lipinski definition) is 2. The van der Waals surface area contributed by atoms with Crippen LogP contribution in [-0.4, -0.2) is 53.3 Å². The molecule has 1 saturated heterocycles. The fourth-order valence-electron chi connectivity index (χ4n) is 3.98. The summed E-state index contributed by atoms with van der Waals surface area (Å²) in [7, 11) is 0. The molecule has 2 amide bonds. The van der Waals surface area contributed by atoms with Crippen LogP contribution in [0.5, 0.6) is 0 Å². The molecule has 4 heterocycles. The SMILES string of the molecule is Nc1ncnc2c1ncn2CC(=O)N1C(C(=O)Nc2cccc(Br)n2)CC2CC21. The zero-order valence-electron chi connectivity index (χ0n) is 15.2. The zero-order valence-corrected chi connectivity index (χ0v) is 16.8. The minimum atomic E-state index is -0.512. The molecule has 1 saturated carbocycles. The van der Waals surface area contributed by atoms with Gasteiger partial charge in [0, 0.05) is 6.04 Å². The first kappa shape index (κ1) is 18.0. The summed E-state index contributed by atoms with van der Waals surface area (Å²) in [6.45, 7) is 0.0368. The summed E-state index contributed by atoms with van der Waals surface area (Å²) in [5.74, 6) is 0.725. The molecule has 29 heavy (non-hydrogen) atoms. The Hall–Kier alpha value is -3.08. The average molecular weight is 457 g/mol. The van der Waals surface area contributed by atoms with Gasteiger partial charge in [0.1, 0.15) is 34.9 Å². The summed E-state index contributed by atoms with van der Waals surface area (Å²) >= 11 is 3.29. The molecule has 11 heteroatoms. The van der Waals surface area contributed by atoms with Crippen LogP contribution in [0.1, 0.15) is 12.8 Å². The summed E-state index contributed by atoms with van der Waals surface area (Å²) in [5.41, 5.74) is 6.77. The van der Waals surface area contributed by atoms with Crippen LogP contribution in [-0.2, 0) is 16.1 Å². The third-order valence-corrected chi connectivity index (χ3v) is 5.84. The van der Waals surface area contributed by atoms with Crippen LogP contribution < -0.4 is 11.1 Å². The van der Waals surface area contributed by atoms with Gasteiger partial charge in [0.15, 0.2) is 11.5 Å². The van der Waals surface area contributed by atoms with E-state index in [1.807, 2.05) is 0 Å². The highest BCUT2D eigenvalue weighted by Gasteiger charge is 2.56. The lowest BCUT2D eigenvalue weighted by atomic mass is 10.1. The summed E-state index contributed by atoms with van der Waals surface area (Å²) < 4.78 is 2.27. The van der Waals surface area contributed by atoms with E-state index in [0.29, 0.717) is 33.9 Å². The first-order chi connectivity index (χ1) is 14.0. The minimum absolute atomic E-state index is 0.0368. The van der Waals surface area contributed by atoms with Gasteiger partial charge >= 0.3 is 0 Å². The number of imidazole rings is 1. The second-order valence-corrected chi connectivity index (χ2v) is 8.07. The van der Waals surface area contributed by atoms with Crippen LogP contribution in [0.3, 0.4) is 0 Å². The van der Waals surface area contributed by atoms with Gasteiger partial charge in [-0.25, -0.2) is 19.9 Å². The van der Waals surface area contributed by atoms with Crippen LogP contribution in [0.4, 0.5) is 11.6 Å². The number of hydrogen-bond acceptors (Lipinski definition) is 7. The number of nitrogens with zero attached hydrogens (tertiary/aromatic N) is 6. The highest BCUT2D eigenvalue weighted by Crippen LogP contribution is 2.48. The molecule has 3 aromatic heterocycles. The Morgan fingerprint density at radius 1 is 1.24 bits per heavy atom. The van der Waals surface area contributed by atoms with E-state index in [-0.39, 0.29) is 30.2 Å². The van der Waals surface area contributed by atoms with Gasteiger partial charge in [0.05, 0.1) is 6.33 Å². The Balaban J connectivity index is 1.35. The van der Waals surface area contributed by atoms with Crippen molar-refractivity contribution in [2.24, 2.45) is 5.92 Å². The molecule has 3 unspecified atom stereocenters. The predicted octanol–water partition coefficient (Wildman–Crippen LogP) is 1.19. The van der Waals surface area contributed by atoms with Crippen molar-refractivity contribution >= 4 is 50.5 Å². The Labute approximate surface area is 173 Å². The Kier molecular flexibility index (Phi) is 4.19. The summed E-state index contributed by atoms with van der Waals surface area (Å²) in [5, 5.41) is 2.82. The first-order valence-corrected chi connectivity index (χ1v) is 9.96. The van der Waals surface area contributed by atoms with Gasteiger partial charge in [0.2, 0.25) is 11.8 Å². The number of halogens is 1. The molecule has 10 nitrogen and oxygen atoms in total. The highest BCUT2D eigenvalue weighted by molar-refractivity contribution is 9.10. The van der Waals surface area contributed by atoms with E-state index in [0.717, 1.165) is 6.42 Å². The maximum atomic E-state index is 13.1. The number of aromatic nitrogens is 5. The molecule has 0 bridgehead atoms. The standard InChI is InChI=1S/C18H17BrN8O2/c19-12-2-1-3-13(24-12)25-18(29)11-5-9-4-10(9)27(11)14(28)6-26-8-23-15-16(20)21-7-22-17(15)26/h1-3,7-11H,4-6H2,(H2,20,21,22)(H,24,25,29). The number of carbonyl (C=O) groups is 2. The number of piperidine rings is 1. The van der Waals surface area contributed by atoms with Crippen molar-refractivity contribution in [2.45, 2.75) is 31.5 Å². The second kappa shape index (κ2) is 6.76. The number of nitrogens with two attached hydrogens (primary N) is 1. The second-order valence-electron chi connectivity index (χ2n) is 7.25. The van der Waals surface area contributed by atoms with E-state index < -0.39 is 6.04 Å². The molecule has 0 radical (unpaired) electrons. The molecule has 3 aromatic rings. The lowest BCUT2D eigenvalue weighted by Gasteiger charge is -2.27. The summed E-state index contributed by atoms with van der Waals surface area (Å²) in [6.07, 6.45) is 4.46. The van der Waals surface area contributed by atoms with Crippen LogP contribution in [0.25, 0.3) is 11.2 Å². The molecular formula is C18H17BrN8O2. The number of carbonyl (C=O) groups excluding carboxylic acids is 2. The molecule has 0 spiro atoms. The molecule has 3 atom stereocenters. The fraction of sp³-hybridized carbons (Fsp3) is 0.333. The molecule has 3 N–H and O–H groups in total. The Morgan fingerprint density at radius 2 is 2.10 bits per heavy atom. The van der Waals surface area contributed by atoms with E-state index in [9.17, 15) is 9.59 Å². The van der Waals surface area contributed by atoms with Crippen LogP contribution in [0, 0.1) is 5.92 Å². The van der Waals surface area contributed by atoms with Gasteiger partial charge in [-0.05, 0) is 46.8 Å². The van der Waals surface area contributed by atoms with E-state index in [2.05, 4.69) is 41.2 Å². The zero-order chi connectivity index (χ0) is 20.1. The summed E-state index contributed by atoms with van der Waals surface area (Å²) in [6, 6.07) is 4.89. The Morgan fingerprint density at radius 3 is 2.93 bits per heavy atom. The fourth-order valence-corrected chi connectivity index (χ4v) is 4.32. The van der Waals surface area contributed by atoms with E-state index in [1.165, 1.54) is 12.7 Å². The number of nitrogen functional groups attached to an aromatic ring is 1. The lowest BCUT2D eigenvalue weighted by molar-refractivity contribution is -0.138. The number of rotatable bonds is 4. The number of anilines is 2. The minimum Gasteiger partial charge on any atom is -0.382 e. The van der Waals surface area contributed by atoms with Crippen molar-refractivity contribution in [1.82, 2.24) is 29.4 Å². The lowest BCUT2D eigenvalue weighted by Crippen LogP contribution is -2.46. The van der Waals surface area contributed by atoms with Crippen molar-refractivity contribution in [1.29, 1.82) is 0 Å². The summed E-state index contributed by atoms with van der Waals surface area (Å²) in [4.78, 5) is 44.2. The van der Waals surface area contributed by atoms with Crippen LogP contribution in [0.2, 0.25) is 0 Å². The Bertz CT molecular complexity index is 1130. The normalized spacial score (nSPS) is 22.5. The maximum Gasteiger partial charge on any atom is 0.248 e. The number of likely N-dealkylation sites (tertiary alicyclic amines) is 1. The third kappa shape index (κ3) is 3.20. The van der Waals surface area contributed by atoms with E-state index >= 15 is 0 Å². The largest absolute Gasteiger partial charge is 0.382 e. The number of nitrogens with one attached hydrogen (secondary N) is 1. The monoisotopic (exact) mass is 456 g/mol. The number of amides is 2. The molecule has 0 aromatic carbocycles. The van der Waals surface area contributed by atoms with Gasteiger partial charge in [-0.3, -0.25) is 9.59 Å². The van der Waals surface area contributed by atoms with Crippen molar-refractivity contribution in [3.8, 4) is 0 Å². The molecule has 1 aliphatic carbocycles. The molecule has 2 fully saturated rings. The van der Waals surface area contributed by atoms with Crippen LogP contribution >= 0.6 is 15.9 Å². The van der Waals surface area contributed by atoms with Crippen molar-refractivity contribution in [3.63, 3.8) is 0 Å². The molecule has 5 rings (SSSR count). The van der Waals surface area contributed by atoms with Gasteiger partial charge < -0.3 is 20.5 Å². The quantitative estimate of drug-likeness (QED) is 0.563. The predicted molar refractivity (Wildman–Crippen MR) is 107 cm³/mol. The highest BCUT2D eigenvalue weighted by atomic mass is 79.9. The smallest absolute Gasteiger partial charge is 0.248 e. The van der Waals surface area contributed by atoms with Gasteiger partial charge in [0.25, 0.3) is 0 Å². The number of pyridine rings is 1. The molecule has 1 aliphatic heterocycles. The maximum absolute atomic E-state index is 13.1. The first-order valence-electron chi connectivity index (χ1n) is 9.17. The molecular weight excluding hydrogens is 440 g/mol. The van der Waals surface area contributed by atoms with Gasteiger partial charge in [-0.1, -0.05) is 6.07 Å². The van der Waals surface area contributed by atoms with E-state index in [4.69, 9.17) is 5.73 Å². The van der Waals surface area contributed by atoms with Crippen LogP contribution in [0.15, 0.2) is 35.5 Å². The number of fused-ring (bicyclic) bond motifs is 2. The van der Waals surface area contributed by atoms with Crippen molar-refractivity contribution in [2.75, 3.05) is 11.1 Å². The molecule has 148 valence electrons. The van der Waals surface area contributed by atoms with Crippen molar-refractivity contribution < 1.29 is 9.59 Å². The van der Waals surface area contributed by atoms with Gasteiger partial charge in [-0.2, -0.15) is 0 Å². The van der Waals surface area contributed by atoms with E-state index in [1.54, 1.807) is 27.7 Å². The average Bonchev–Trinajstić information content (AvgIpc) is 3.15.